The van der Waals surface area contributed by atoms with Crippen molar-refractivity contribution >= 4 is 59.3 Å². The van der Waals surface area contributed by atoms with E-state index in [1.54, 1.807) is 66.7 Å². The topological polar surface area (TPSA) is 360 Å². The summed E-state index contributed by atoms with van der Waals surface area (Å²) in [4.78, 5) is 106. The number of pyridine rings is 2. The summed E-state index contributed by atoms with van der Waals surface area (Å²) in [5.74, 6) is -3.91. The highest BCUT2D eigenvalue weighted by atomic mass is 16.5. The predicted molar refractivity (Wildman–Crippen MR) is 402 cm³/mol. The van der Waals surface area contributed by atoms with E-state index in [2.05, 4.69) is 65.7 Å². The molecule has 0 atom stereocenters. The molecule has 0 aliphatic carbocycles. The number of primary amides is 1. The van der Waals surface area contributed by atoms with Crippen LogP contribution in [-0.4, -0.2) is 110 Å². The third kappa shape index (κ3) is 31.0. The van der Waals surface area contributed by atoms with Crippen LogP contribution in [0.5, 0.6) is 0 Å². The molecule has 2 heterocycles. The average Bonchev–Trinajstić information content (AvgIpc) is 0.826. The van der Waals surface area contributed by atoms with Crippen LogP contribution in [-0.2, 0) is 14.2 Å². The van der Waals surface area contributed by atoms with Crippen LogP contribution in [0.25, 0.3) is 0 Å². The zero-order valence-corrected chi connectivity index (χ0v) is 62.5. The first-order chi connectivity index (χ1) is 48.3. The monoisotopic (exact) mass is 1410 g/mol. The molecule has 2 aromatic heterocycles. The molecule has 0 aliphatic heterocycles. The van der Waals surface area contributed by atoms with Gasteiger partial charge in [0.1, 0.15) is 5.69 Å². The van der Waals surface area contributed by atoms with E-state index in [4.69, 9.17) is 37.0 Å². The Hall–Kier alpha value is -11.4. The fraction of sp³-hybridized carbons (Fsp3) is 0.329. The van der Waals surface area contributed by atoms with Gasteiger partial charge < -0.3 is 51.2 Å². The molecule has 0 spiro atoms. The fourth-order valence-electron chi connectivity index (χ4n) is 9.19. The number of hydrogen-bond donors (Lipinski definition) is 7. The Labute approximate surface area is 605 Å². The lowest BCUT2D eigenvalue weighted by atomic mass is 9.93. The first-order valence-corrected chi connectivity index (χ1v) is 33.3. The van der Waals surface area contributed by atoms with Gasteiger partial charge in [-0.15, -0.1) is 0 Å². The SMILES string of the molecule is CC(C)c1cc(C(=O)O)ccn1.CC(C)c1ccc(N)c(C(=O)O)c1.CC(C)c1cccc(C(=O)O)c1C(=O)O.CC(C)c1ccccc1C(N)=O.CC(C)c1ccnc(C(=O)O)c1.COC(=O)c1ccc(C(C)C)cc1.COC(=O)c1cccc(C(C)C)c1.COC(=O)c1ccccc1C(C)C. The Bertz CT molecular complexity index is 4020. The van der Waals surface area contributed by atoms with Gasteiger partial charge in [-0.3, -0.25) is 9.78 Å². The van der Waals surface area contributed by atoms with Crippen molar-refractivity contribution in [1.82, 2.24) is 9.97 Å². The summed E-state index contributed by atoms with van der Waals surface area (Å²) >= 11 is 0. The van der Waals surface area contributed by atoms with Crippen LogP contribution in [0.2, 0.25) is 0 Å². The van der Waals surface area contributed by atoms with Gasteiger partial charge >= 0.3 is 47.8 Å². The Kier molecular flexibility index (Phi) is 39.5. The molecular formula is C82H102N4O17. The van der Waals surface area contributed by atoms with Gasteiger partial charge in [0.05, 0.1) is 60.3 Å². The van der Waals surface area contributed by atoms with Crippen LogP contribution in [0.1, 0.15) is 296 Å². The van der Waals surface area contributed by atoms with Crippen LogP contribution in [0.3, 0.4) is 0 Å². The van der Waals surface area contributed by atoms with Gasteiger partial charge in [-0.25, -0.2) is 43.3 Å². The molecule has 0 aliphatic rings. The van der Waals surface area contributed by atoms with Crippen molar-refractivity contribution in [2.24, 2.45) is 5.73 Å². The van der Waals surface area contributed by atoms with E-state index in [1.165, 1.54) is 51.4 Å². The largest absolute Gasteiger partial charge is 0.478 e. The number of carboxylic acids is 5. The second-order valence-electron chi connectivity index (χ2n) is 25.6. The molecule has 21 nitrogen and oxygen atoms in total. The molecule has 552 valence electrons. The molecule has 6 aromatic carbocycles. The van der Waals surface area contributed by atoms with E-state index in [-0.39, 0.29) is 58.0 Å². The smallest absolute Gasteiger partial charge is 0.354 e. The van der Waals surface area contributed by atoms with Gasteiger partial charge in [-0.1, -0.05) is 190 Å². The number of aromatic nitrogens is 2. The van der Waals surface area contributed by atoms with Crippen LogP contribution < -0.4 is 11.5 Å². The fourth-order valence-corrected chi connectivity index (χ4v) is 9.19. The van der Waals surface area contributed by atoms with E-state index < -0.39 is 29.8 Å². The lowest BCUT2D eigenvalue weighted by molar-refractivity contribution is 0.0590. The van der Waals surface area contributed by atoms with Crippen molar-refractivity contribution in [2.45, 2.75) is 158 Å². The van der Waals surface area contributed by atoms with Crippen molar-refractivity contribution in [3.05, 3.63) is 265 Å². The van der Waals surface area contributed by atoms with Gasteiger partial charge in [-0.05, 0) is 165 Å². The number of anilines is 1. The molecule has 0 bridgehead atoms. The van der Waals surface area contributed by atoms with Crippen LogP contribution in [0.15, 0.2) is 170 Å². The molecule has 1 amide bonds. The molecule has 0 radical (unpaired) electrons. The normalized spacial score (nSPS) is 10.2. The second kappa shape index (κ2) is 45.4. The number of nitrogens with zero attached hydrogens (tertiary/aromatic N) is 2. The predicted octanol–water partition coefficient (Wildman–Crippen LogP) is 17.8. The second-order valence-corrected chi connectivity index (χ2v) is 25.6. The molecule has 0 unspecified atom stereocenters. The number of rotatable bonds is 17. The molecule has 0 saturated heterocycles. The molecule has 8 rings (SSSR count). The Balaban J connectivity index is 0.000000589. The summed E-state index contributed by atoms with van der Waals surface area (Å²) in [6, 6.07) is 46.1. The summed E-state index contributed by atoms with van der Waals surface area (Å²) < 4.78 is 13.9. The van der Waals surface area contributed by atoms with Crippen LogP contribution in [0, 0.1) is 0 Å². The molecule has 21 heteroatoms. The lowest BCUT2D eigenvalue weighted by Crippen LogP contribution is -2.14. The zero-order valence-electron chi connectivity index (χ0n) is 62.5. The van der Waals surface area contributed by atoms with Crippen molar-refractivity contribution in [3.63, 3.8) is 0 Å². The van der Waals surface area contributed by atoms with E-state index in [9.17, 15) is 43.2 Å². The average molecular weight is 1420 g/mol. The third-order valence-electron chi connectivity index (χ3n) is 15.2. The molecular weight excluding hydrogens is 1310 g/mol. The number of hydrogen-bond acceptors (Lipinski definition) is 15. The number of aromatic carboxylic acids is 5. The molecule has 8 aromatic rings. The highest BCUT2D eigenvalue weighted by molar-refractivity contribution is 6.03. The minimum atomic E-state index is -1.21. The molecule has 103 heavy (non-hydrogen) atoms. The Morgan fingerprint density at radius 2 is 0.757 bits per heavy atom. The zero-order chi connectivity index (χ0) is 78.5. The van der Waals surface area contributed by atoms with Crippen LogP contribution >= 0.6 is 0 Å². The van der Waals surface area contributed by atoms with Gasteiger partial charge in [0.15, 0.2) is 0 Å². The number of ether oxygens (including phenoxy) is 3. The number of esters is 3. The number of nitrogen functional groups attached to an aromatic ring is 1. The van der Waals surface area contributed by atoms with Crippen molar-refractivity contribution in [3.8, 4) is 0 Å². The van der Waals surface area contributed by atoms with E-state index in [0.29, 0.717) is 74.6 Å². The number of benzene rings is 6. The summed E-state index contributed by atoms with van der Waals surface area (Å²) in [7, 11) is 4.18. The van der Waals surface area contributed by atoms with E-state index in [1.807, 2.05) is 148 Å². The maximum absolute atomic E-state index is 11.3. The number of nitrogens with two attached hydrogens (primary N) is 2. The van der Waals surface area contributed by atoms with Crippen molar-refractivity contribution < 1.29 is 82.9 Å². The number of carbonyl (C=O) groups is 9. The van der Waals surface area contributed by atoms with Crippen molar-refractivity contribution in [2.75, 3.05) is 27.1 Å². The minimum Gasteiger partial charge on any atom is -0.478 e. The van der Waals surface area contributed by atoms with E-state index >= 15 is 0 Å². The number of methoxy groups -OCH3 is 3. The Morgan fingerprint density at radius 1 is 0.330 bits per heavy atom. The summed E-state index contributed by atoms with van der Waals surface area (Å²) in [6.07, 6.45) is 3.05. The maximum atomic E-state index is 11.3. The summed E-state index contributed by atoms with van der Waals surface area (Å²) in [6.45, 7) is 32.3. The molecule has 0 saturated carbocycles. The lowest BCUT2D eigenvalue weighted by Gasteiger charge is -2.11. The van der Waals surface area contributed by atoms with Gasteiger partial charge in [0.2, 0.25) is 5.91 Å². The van der Waals surface area contributed by atoms with Gasteiger partial charge in [0.25, 0.3) is 0 Å². The van der Waals surface area contributed by atoms with E-state index in [0.717, 1.165) is 33.5 Å². The maximum Gasteiger partial charge on any atom is 0.354 e. The van der Waals surface area contributed by atoms with Crippen molar-refractivity contribution in [1.29, 1.82) is 0 Å². The minimum absolute atomic E-state index is 0.0181. The Morgan fingerprint density at radius 3 is 1.19 bits per heavy atom. The number of carbonyl (C=O) groups excluding carboxylic acids is 4. The first kappa shape index (κ1) is 89.7. The molecule has 0 fully saturated rings. The van der Waals surface area contributed by atoms with Gasteiger partial charge in [-0.2, -0.15) is 0 Å². The van der Waals surface area contributed by atoms with Crippen LogP contribution in [0.4, 0.5) is 5.69 Å². The quantitative estimate of drug-likeness (QED) is 0.0253. The number of amides is 1. The standard InChI is InChI=1S/C11H12O4.3C11H14O2.C10H13NO2.C10H13NO.2C9H11NO2/c1-6(2)7-4-3-5-8(10(12)13)9(7)11(14)15;1-8(2)9-4-6-10(7-5-9)11(12)13-3;1-8(2)9-5-4-6-10(7-9)11(12)13-3;1-8(2)9-6-4-5-7-10(9)11(12)13-3;1-6(2)7-3-4-9(11)8(5-7)10(12)13;1-7(2)8-5-3-4-6-9(8)10(11)12;1-6(2)8-5-7(9(11)12)3-4-10-8;1-6(2)7-3-4-10-8(5-7)9(11)12/h3-6H,1-2H3,(H,12,13)(H,14,15);3*4-8H,1-3H3;3-6H,11H2,1-2H3,(H,12,13);3-7H,1-2H3,(H2,11,12);2*3-6H,1-2H3,(H,11,12). The highest BCUT2D eigenvalue weighted by Crippen LogP contribution is 2.25. The molecule has 9 N–H and O–H groups in total. The van der Waals surface area contributed by atoms with Gasteiger partial charge in [0, 0.05) is 29.3 Å². The highest BCUT2D eigenvalue weighted by Gasteiger charge is 2.21. The first-order valence-electron chi connectivity index (χ1n) is 33.3. The number of carboxylic acid groups (broad SMARTS) is 5. The third-order valence-corrected chi connectivity index (χ3v) is 15.2. The summed E-state index contributed by atoms with van der Waals surface area (Å²) in [5.41, 5.74) is 21.7. The summed E-state index contributed by atoms with van der Waals surface area (Å²) in [5, 5.41) is 43.9.